The van der Waals surface area contributed by atoms with E-state index >= 15 is 0 Å². The van der Waals surface area contributed by atoms with Gasteiger partial charge in [0.2, 0.25) is 0 Å². The first-order valence-corrected chi connectivity index (χ1v) is 8.62. The number of nitrogens with two attached hydrogens (primary N) is 1. The average molecular weight is 353 g/mol. The zero-order valence-corrected chi connectivity index (χ0v) is 14.2. The largest absolute Gasteiger partial charge is 0.324 e. The molecule has 2 rings (SSSR count). The fourth-order valence-electron chi connectivity index (χ4n) is 2.17. The molecule has 1 atom stereocenters. The molecule has 1 unspecified atom stereocenters. The highest BCUT2D eigenvalue weighted by Gasteiger charge is 2.10. The SMILES string of the molecule is CCN(CCC(N)c1ccc(Br)cc1)Cc1cccs1. The van der Waals surface area contributed by atoms with Crippen LogP contribution in [-0.4, -0.2) is 18.0 Å². The topological polar surface area (TPSA) is 29.3 Å². The molecule has 0 aliphatic carbocycles. The molecular weight excluding hydrogens is 332 g/mol. The van der Waals surface area contributed by atoms with E-state index in [2.05, 4.69) is 69.5 Å². The van der Waals surface area contributed by atoms with Crippen molar-refractivity contribution in [2.24, 2.45) is 5.73 Å². The highest BCUT2D eigenvalue weighted by atomic mass is 79.9. The molecule has 0 bridgehead atoms. The Morgan fingerprint density at radius 1 is 1.25 bits per heavy atom. The Morgan fingerprint density at radius 2 is 2.00 bits per heavy atom. The maximum atomic E-state index is 6.28. The Morgan fingerprint density at radius 3 is 2.60 bits per heavy atom. The second-order valence-electron chi connectivity index (χ2n) is 4.89. The van der Waals surface area contributed by atoms with Crippen LogP contribution < -0.4 is 5.73 Å². The van der Waals surface area contributed by atoms with Crippen LogP contribution in [-0.2, 0) is 6.54 Å². The number of nitrogens with zero attached hydrogens (tertiary/aromatic N) is 1. The van der Waals surface area contributed by atoms with Gasteiger partial charge in [0.15, 0.2) is 0 Å². The van der Waals surface area contributed by atoms with Crippen LogP contribution in [0.2, 0.25) is 0 Å². The maximum absolute atomic E-state index is 6.28. The average Bonchev–Trinajstić information content (AvgIpc) is 2.96. The van der Waals surface area contributed by atoms with E-state index in [1.807, 2.05) is 11.3 Å². The van der Waals surface area contributed by atoms with Crippen molar-refractivity contribution in [2.45, 2.75) is 25.9 Å². The number of benzene rings is 1. The Labute approximate surface area is 133 Å². The lowest BCUT2D eigenvalue weighted by Gasteiger charge is -2.22. The molecule has 0 spiro atoms. The summed E-state index contributed by atoms with van der Waals surface area (Å²) < 4.78 is 1.10. The Kier molecular flexibility index (Phi) is 6.23. The van der Waals surface area contributed by atoms with Gasteiger partial charge in [-0.2, -0.15) is 0 Å². The van der Waals surface area contributed by atoms with Gasteiger partial charge in [0.1, 0.15) is 0 Å². The first kappa shape index (κ1) is 15.7. The normalized spacial score (nSPS) is 12.8. The predicted octanol–water partition coefficient (Wildman–Crippen LogP) is 4.42. The van der Waals surface area contributed by atoms with Crippen molar-refractivity contribution in [3.8, 4) is 0 Å². The van der Waals surface area contributed by atoms with Crippen LogP contribution in [0.3, 0.4) is 0 Å². The molecule has 108 valence electrons. The fourth-order valence-corrected chi connectivity index (χ4v) is 3.18. The van der Waals surface area contributed by atoms with E-state index in [9.17, 15) is 0 Å². The van der Waals surface area contributed by atoms with Gasteiger partial charge in [-0.15, -0.1) is 11.3 Å². The second-order valence-corrected chi connectivity index (χ2v) is 6.84. The highest BCUT2D eigenvalue weighted by Crippen LogP contribution is 2.19. The summed E-state index contributed by atoms with van der Waals surface area (Å²) in [7, 11) is 0. The molecule has 1 aromatic heterocycles. The third-order valence-electron chi connectivity index (χ3n) is 3.46. The maximum Gasteiger partial charge on any atom is 0.0327 e. The first-order chi connectivity index (χ1) is 9.69. The van der Waals surface area contributed by atoms with Crippen LogP contribution in [0.15, 0.2) is 46.3 Å². The smallest absolute Gasteiger partial charge is 0.0327 e. The quantitative estimate of drug-likeness (QED) is 0.798. The molecule has 0 saturated carbocycles. The Balaban J connectivity index is 1.84. The monoisotopic (exact) mass is 352 g/mol. The number of halogens is 1. The van der Waals surface area contributed by atoms with E-state index in [1.54, 1.807) is 0 Å². The van der Waals surface area contributed by atoms with Crippen LogP contribution in [0, 0.1) is 0 Å². The van der Waals surface area contributed by atoms with Gasteiger partial charge in [0, 0.05) is 28.5 Å². The number of thiophene rings is 1. The van der Waals surface area contributed by atoms with Gasteiger partial charge in [0.25, 0.3) is 0 Å². The van der Waals surface area contributed by atoms with Crippen LogP contribution in [0.4, 0.5) is 0 Å². The van der Waals surface area contributed by atoms with Crippen LogP contribution in [0.1, 0.15) is 29.8 Å². The minimum absolute atomic E-state index is 0.112. The van der Waals surface area contributed by atoms with Crippen molar-refractivity contribution >= 4 is 27.3 Å². The van der Waals surface area contributed by atoms with E-state index in [-0.39, 0.29) is 6.04 Å². The van der Waals surface area contributed by atoms with Gasteiger partial charge in [-0.1, -0.05) is 41.1 Å². The number of hydrogen-bond donors (Lipinski definition) is 1. The van der Waals surface area contributed by atoms with Crippen molar-refractivity contribution in [3.05, 3.63) is 56.7 Å². The lowest BCUT2D eigenvalue weighted by atomic mass is 10.0. The zero-order valence-electron chi connectivity index (χ0n) is 11.8. The van der Waals surface area contributed by atoms with Gasteiger partial charge in [-0.05, 0) is 42.1 Å². The molecule has 0 aliphatic heterocycles. The minimum atomic E-state index is 0.112. The van der Waals surface area contributed by atoms with Crippen molar-refractivity contribution in [2.75, 3.05) is 13.1 Å². The van der Waals surface area contributed by atoms with E-state index in [0.29, 0.717) is 0 Å². The molecule has 1 aromatic carbocycles. The van der Waals surface area contributed by atoms with E-state index in [4.69, 9.17) is 5.73 Å². The van der Waals surface area contributed by atoms with Crippen molar-refractivity contribution in [1.82, 2.24) is 4.90 Å². The molecule has 2 N–H and O–H groups in total. The zero-order chi connectivity index (χ0) is 14.4. The third-order valence-corrected chi connectivity index (χ3v) is 4.85. The summed E-state index contributed by atoms with van der Waals surface area (Å²) in [5.41, 5.74) is 7.49. The molecule has 0 fully saturated rings. The molecular formula is C16H21BrN2S. The van der Waals surface area contributed by atoms with Crippen molar-refractivity contribution in [3.63, 3.8) is 0 Å². The summed E-state index contributed by atoms with van der Waals surface area (Å²) in [4.78, 5) is 3.87. The number of rotatable bonds is 7. The Hall–Kier alpha value is -0.680. The van der Waals surface area contributed by atoms with Crippen LogP contribution >= 0.6 is 27.3 Å². The summed E-state index contributed by atoms with van der Waals surface area (Å²) in [5, 5.41) is 2.14. The molecule has 0 saturated heterocycles. The summed E-state index contributed by atoms with van der Waals surface area (Å²) in [6.07, 6.45) is 0.987. The van der Waals surface area contributed by atoms with Crippen molar-refractivity contribution < 1.29 is 0 Å². The second kappa shape index (κ2) is 7.93. The molecule has 0 aliphatic rings. The van der Waals surface area contributed by atoms with E-state index in [1.165, 1.54) is 10.4 Å². The minimum Gasteiger partial charge on any atom is -0.324 e. The van der Waals surface area contributed by atoms with E-state index < -0.39 is 0 Å². The first-order valence-electron chi connectivity index (χ1n) is 6.95. The summed E-state index contributed by atoms with van der Waals surface area (Å²) >= 11 is 5.27. The van der Waals surface area contributed by atoms with E-state index in [0.717, 1.165) is 30.5 Å². The summed E-state index contributed by atoms with van der Waals surface area (Å²) in [5.74, 6) is 0. The molecule has 0 amide bonds. The molecule has 1 heterocycles. The van der Waals surface area contributed by atoms with Crippen LogP contribution in [0.5, 0.6) is 0 Å². The summed E-state index contributed by atoms with van der Waals surface area (Å²) in [6, 6.07) is 12.7. The molecule has 4 heteroatoms. The third kappa shape index (κ3) is 4.70. The Bertz CT molecular complexity index is 496. The lowest BCUT2D eigenvalue weighted by molar-refractivity contribution is 0.270. The molecule has 2 nitrogen and oxygen atoms in total. The van der Waals surface area contributed by atoms with Gasteiger partial charge in [-0.25, -0.2) is 0 Å². The highest BCUT2D eigenvalue weighted by molar-refractivity contribution is 9.10. The molecule has 0 radical (unpaired) electrons. The molecule has 20 heavy (non-hydrogen) atoms. The van der Waals surface area contributed by atoms with Crippen molar-refractivity contribution in [1.29, 1.82) is 0 Å². The molecule has 2 aromatic rings. The van der Waals surface area contributed by atoms with Gasteiger partial charge in [-0.3, -0.25) is 4.90 Å². The van der Waals surface area contributed by atoms with Gasteiger partial charge < -0.3 is 5.73 Å². The predicted molar refractivity (Wildman–Crippen MR) is 91.0 cm³/mol. The fraction of sp³-hybridized carbons (Fsp3) is 0.375. The van der Waals surface area contributed by atoms with Gasteiger partial charge in [0.05, 0.1) is 0 Å². The standard InChI is InChI=1S/C16H21BrN2S/c1-2-19(12-15-4-3-11-20-15)10-9-16(18)13-5-7-14(17)8-6-13/h3-8,11,16H,2,9-10,12,18H2,1H3. The summed E-state index contributed by atoms with van der Waals surface area (Å²) in [6.45, 7) is 5.33. The van der Waals surface area contributed by atoms with Gasteiger partial charge >= 0.3 is 0 Å². The number of hydrogen-bond acceptors (Lipinski definition) is 3. The van der Waals surface area contributed by atoms with Crippen LogP contribution in [0.25, 0.3) is 0 Å². The lowest BCUT2D eigenvalue weighted by Crippen LogP contribution is -2.26.